The molecule has 0 bridgehead atoms. The summed E-state index contributed by atoms with van der Waals surface area (Å²) in [6.07, 6.45) is -4.10. The van der Waals surface area contributed by atoms with Gasteiger partial charge in [0.25, 0.3) is 0 Å². The Morgan fingerprint density at radius 1 is 1.24 bits per heavy atom. The van der Waals surface area contributed by atoms with E-state index in [1.54, 1.807) is 0 Å². The zero-order valence-corrected chi connectivity index (χ0v) is 12.2. The first-order valence-electron chi connectivity index (χ1n) is 6.88. The van der Waals surface area contributed by atoms with Gasteiger partial charge in [-0.2, -0.15) is 13.2 Å². The lowest BCUT2D eigenvalue weighted by molar-refractivity contribution is -0.140. The predicted octanol–water partition coefficient (Wildman–Crippen LogP) is 3.08. The molecule has 3 N–H and O–H groups in total. The molecule has 1 unspecified atom stereocenters. The highest BCUT2D eigenvalue weighted by Gasteiger charge is 2.34. The maximum absolute atomic E-state index is 13.6. The molecule has 0 aliphatic rings. The molecule has 0 amide bonds. The average molecular weight is 307 g/mol. The highest BCUT2D eigenvalue weighted by molar-refractivity contribution is 5.28. The van der Waals surface area contributed by atoms with Gasteiger partial charge in [0.15, 0.2) is 0 Å². The summed E-state index contributed by atoms with van der Waals surface area (Å²) in [5.74, 6) is 4.16. The summed E-state index contributed by atoms with van der Waals surface area (Å²) in [6.45, 7) is 6.51. The van der Waals surface area contributed by atoms with Gasteiger partial charge in [-0.25, -0.2) is 4.39 Å². The van der Waals surface area contributed by atoms with Crippen LogP contribution >= 0.6 is 0 Å². The van der Waals surface area contributed by atoms with Crippen LogP contribution in [0.2, 0.25) is 0 Å². The van der Waals surface area contributed by atoms with E-state index in [1.165, 1.54) is 6.07 Å². The minimum atomic E-state index is -4.69. The third-order valence-electron chi connectivity index (χ3n) is 3.53. The topological polar surface area (TPSA) is 41.3 Å². The van der Waals surface area contributed by atoms with Gasteiger partial charge in [-0.15, -0.1) is 0 Å². The highest BCUT2D eigenvalue weighted by Crippen LogP contribution is 2.32. The zero-order chi connectivity index (χ0) is 16.0. The first-order chi connectivity index (χ1) is 9.83. The van der Waals surface area contributed by atoms with Crippen LogP contribution < -0.4 is 11.3 Å². The molecule has 21 heavy (non-hydrogen) atoms. The van der Waals surface area contributed by atoms with Crippen LogP contribution in [-0.2, 0) is 6.18 Å². The maximum atomic E-state index is 13.6. The first-order valence-corrected chi connectivity index (χ1v) is 6.88. The van der Waals surface area contributed by atoms with Crippen LogP contribution in [0.15, 0.2) is 18.2 Å². The number of hydrogen-bond acceptors (Lipinski definition) is 3. The molecule has 3 nitrogen and oxygen atoms in total. The van der Waals surface area contributed by atoms with E-state index >= 15 is 0 Å². The van der Waals surface area contributed by atoms with Crippen LogP contribution in [0.3, 0.4) is 0 Å². The molecule has 0 aromatic heterocycles. The smallest absolute Gasteiger partial charge is 0.304 e. The molecule has 0 heterocycles. The second-order valence-electron chi connectivity index (χ2n) is 4.77. The van der Waals surface area contributed by atoms with Crippen molar-refractivity contribution in [1.82, 2.24) is 10.3 Å². The fourth-order valence-corrected chi connectivity index (χ4v) is 2.18. The molecule has 7 heteroatoms. The van der Waals surface area contributed by atoms with Crippen molar-refractivity contribution in [2.75, 3.05) is 19.6 Å². The van der Waals surface area contributed by atoms with E-state index in [0.29, 0.717) is 12.0 Å². The maximum Gasteiger partial charge on any atom is 0.419 e. The first kappa shape index (κ1) is 17.9. The molecule has 1 aromatic carbocycles. The second kappa shape index (κ2) is 7.72. The molecule has 0 aliphatic heterocycles. The normalized spacial score (nSPS) is 13.7. The lowest BCUT2D eigenvalue weighted by Crippen LogP contribution is -2.33. The van der Waals surface area contributed by atoms with E-state index in [-0.39, 0.29) is 6.04 Å². The third-order valence-corrected chi connectivity index (χ3v) is 3.53. The van der Waals surface area contributed by atoms with Gasteiger partial charge in [-0.1, -0.05) is 19.9 Å². The Bertz CT molecular complexity index is 444. The third kappa shape index (κ3) is 4.94. The molecule has 0 saturated heterocycles. The molecule has 120 valence electrons. The van der Waals surface area contributed by atoms with Crippen molar-refractivity contribution in [3.8, 4) is 0 Å². The number of nitrogens with zero attached hydrogens (tertiary/aromatic N) is 1. The molecule has 0 radical (unpaired) electrons. The molecule has 1 atom stereocenters. The number of hydrazine groups is 1. The van der Waals surface area contributed by atoms with Crippen LogP contribution in [0.25, 0.3) is 0 Å². The number of rotatable bonds is 7. The van der Waals surface area contributed by atoms with E-state index < -0.39 is 17.6 Å². The molecule has 0 aliphatic carbocycles. The summed E-state index contributed by atoms with van der Waals surface area (Å²) in [7, 11) is 0. The van der Waals surface area contributed by atoms with Crippen LogP contribution in [0.5, 0.6) is 0 Å². The van der Waals surface area contributed by atoms with E-state index in [1.807, 2.05) is 13.8 Å². The summed E-state index contributed by atoms with van der Waals surface area (Å²) in [5.41, 5.74) is 1.69. The zero-order valence-electron chi connectivity index (χ0n) is 12.2. The van der Waals surface area contributed by atoms with Crippen LogP contribution in [0.4, 0.5) is 17.6 Å². The van der Waals surface area contributed by atoms with Gasteiger partial charge in [-0.05, 0) is 43.8 Å². The fraction of sp³-hybridized carbons (Fsp3) is 0.571. The van der Waals surface area contributed by atoms with Crippen molar-refractivity contribution in [3.05, 3.63) is 35.1 Å². The van der Waals surface area contributed by atoms with Crippen molar-refractivity contribution in [3.63, 3.8) is 0 Å². The Balaban J connectivity index is 2.85. The highest BCUT2D eigenvalue weighted by atomic mass is 19.4. The lowest BCUT2D eigenvalue weighted by atomic mass is 10.0. The molecule has 0 spiro atoms. The number of nitrogens with one attached hydrogen (secondary N) is 1. The summed E-state index contributed by atoms with van der Waals surface area (Å²) in [5, 5.41) is 0. The van der Waals surface area contributed by atoms with Gasteiger partial charge in [0, 0.05) is 6.04 Å². The van der Waals surface area contributed by atoms with Gasteiger partial charge in [0.2, 0.25) is 0 Å². The fourth-order valence-electron chi connectivity index (χ4n) is 2.18. The minimum absolute atomic E-state index is 0.387. The number of alkyl halides is 3. The van der Waals surface area contributed by atoms with Crippen LogP contribution in [-0.4, -0.2) is 24.5 Å². The Labute approximate surface area is 122 Å². The standard InChI is InChI=1S/C14H21F4N3/c1-3-21(4-2)8-7-13(20-19)10-5-6-11(12(15)9-10)14(16,17)18/h5-6,9,13,20H,3-4,7-8,19H2,1-2H3. The van der Waals surface area contributed by atoms with Crippen molar-refractivity contribution < 1.29 is 17.6 Å². The van der Waals surface area contributed by atoms with Crippen LogP contribution in [0.1, 0.15) is 37.4 Å². The molecular weight excluding hydrogens is 286 g/mol. The van der Waals surface area contributed by atoms with E-state index in [2.05, 4.69) is 10.3 Å². The summed E-state index contributed by atoms with van der Waals surface area (Å²) >= 11 is 0. The SMILES string of the molecule is CCN(CC)CCC(NN)c1ccc(C(F)(F)F)c(F)c1. The van der Waals surface area contributed by atoms with Crippen LogP contribution in [0, 0.1) is 5.82 Å². The number of hydrogen-bond donors (Lipinski definition) is 2. The summed E-state index contributed by atoms with van der Waals surface area (Å²) in [4.78, 5) is 2.16. The molecule has 0 saturated carbocycles. The van der Waals surface area contributed by atoms with Crippen molar-refractivity contribution in [2.45, 2.75) is 32.5 Å². The Hall–Kier alpha value is -1.18. The molecular formula is C14H21F4N3. The average Bonchev–Trinajstić information content (AvgIpc) is 2.42. The van der Waals surface area contributed by atoms with E-state index in [4.69, 9.17) is 5.84 Å². The molecule has 1 aromatic rings. The Morgan fingerprint density at radius 2 is 1.86 bits per heavy atom. The van der Waals surface area contributed by atoms with Crippen molar-refractivity contribution in [2.24, 2.45) is 5.84 Å². The van der Waals surface area contributed by atoms with Gasteiger partial charge in [-0.3, -0.25) is 11.3 Å². The second-order valence-corrected chi connectivity index (χ2v) is 4.77. The van der Waals surface area contributed by atoms with E-state index in [0.717, 1.165) is 31.8 Å². The van der Waals surface area contributed by atoms with Gasteiger partial charge in [0.1, 0.15) is 5.82 Å². The Morgan fingerprint density at radius 3 is 2.29 bits per heavy atom. The summed E-state index contributed by atoms with van der Waals surface area (Å²) < 4.78 is 51.1. The van der Waals surface area contributed by atoms with Crippen molar-refractivity contribution in [1.29, 1.82) is 0 Å². The van der Waals surface area contributed by atoms with E-state index in [9.17, 15) is 17.6 Å². The van der Waals surface area contributed by atoms with Gasteiger partial charge < -0.3 is 4.90 Å². The van der Waals surface area contributed by atoms with Gasteiger partial charge in [0.05, 0.1) is 5.56 Å². The number of halogens is 4. The predicted molar refractivity (Wildman–Crippen MR) is 73.9 cm³/mol. The minimum Gasteiger partial charge on any atom is -0.304 e. The van der Waals surface area contributed by atoms with Crippen molar-refractivity contribution >= 4 is 0 Å². The Kier molecular flexibility index (Phi) is 6.57. The number of nitrogens with two attached hydrogens (primary N) is 1. The monoisotopic (exact) mass is 307 g/mol. The van der Waals surface area contributed by atoms with Gasteiger partial charge >= 0.3 is 6.18 Å². The molecule has 1 rings (SSSR count). The number of benzene rings is 1. The lowest BCUT2D eigenvalue weighted by Gasteiger charge is -2.23. The summed E-state index contributed by atoms with van der Waals surface area (Å²) in [6, 6.07) is 2.53. The molecule has 0 fully saturated rings. The quantitative estimate of drug-likeness (QED) is 0.462. The largest absolute Gasteiger partial charge is 0.419 e.